The molecule has 3 aliphatic heterocycles. The minimum Gasteiger partial charge on any atom is -0.486 e. The molecule has 32 heavy (non-hydrogen) atoms. The zero-order valence-electron chi connectivity index (χ0n) is 18.2. The number of carbonyl (C=O) groups is 2. The Morgan fingerprint density at radius 2 is 1.62 bits per heavy atom. The smallest absolute Gasteiger partial charge is 0.331 e. The first-order chi connectivity index (χ1) is 15.7. The molecule has 7 heteroatoms. The fourth-order valence-corrected chi connectivity index (χ4v) is 4.78. The van der Waals surface area contributed by atoms with E-state index in [9.17, 15) is 9.59 Å². The molecule has 0 bridgehead atoms. The molecule has 3 aliphatic rings. The number of anilines is 1. The molecule has 2 aromatic rings. The predicted molar refractivity (Wildman–Crippen MR) is 121 cm³/mol. The van der Waals surface area contributed by atoms with E-state index < -0.39 is 0 Å². The molecule has 1 unspecified atom stereocenters. The van der Waals surface area contributed by atoms with E-state index in [4.69, 9.17) is 9.47 Å². The first kappa shape index (κ1) is 20.8. The Labute approximate surface area is 188 Å². The molecule has 2 saturated heterocycles. The standard InChI is InChI=1S/C25H29N3O4/c29-24-17-28(20-6-2-1-3-7-20)25(30)27(24)15-12-19-10-13-26(14-11-19)16-21-18-31-22-8-4-5-9-23(22)32-21/h1-9,19,21H,10-18H2. The van der Waals surface area contributed by atoms with Gasteiger partial charge >= 0.3 is 6.03 Å². The molecule has 0 saturated carbocycles. The highest BCUT2D eigenvalue weighted by Gasteiger charge is 2.37. The van der Waals surface area contributed by atoms with E-state index in [0.29, 0.717) is 19.1 Å². The van der Waals surface area contributed by atoms with E-state index >= 15 is 0 Å². The molecule has 0 N–H and O–H groups in total. The lowest BCUT2D eigenvalue weighted by Crippen LogP contribution is -2.44. The van der Waals surface area contributed by atoms with E-state index in [1.165, 1.54) is 4.90 Å². The number of urea groups is 1. The number of ether oxygens (including phenoxy) is 2. The van der Waals surface area contributed by atoms with Crippen molar-refractivity contribution >= 4 is 17.6 Å². The van der Waals surface area contributed by atoms with Gasteiger partial charge in [-0.3, -0.25) is 19.5 Å². The number of rotatable bonds is 6. The van der Waals surface area contributed by atoms with Gasteiger partial charge in [0.2, 0.25) is 0 Å². The highest BCUT2D eigenvalue weighted by molar-refractivity contribution is 6.12. The number of carbonyl (C=O) groups excluding carboxylic acids is 2. The number of piperidine rings is 1. The number of amides is 3. The van der Waals surface area contributed by atoms with Crippen LogP contribution in [0.15, 0.2) is 54.6 Å². The summed E-state index contributed by atoms with van der Waals surface area (Å²) in [5.41, 5.74) is 0.776. The highest BCUT2D eigenvalue weighted by Crippen LogP contribution is 2.31. The molecule has 1 atom stereocenters. The Kier molecular flexibility index (Phi) is 5.99. The fraction of sp³-hybridized carbons (Fsp3) is 0.440. The SMILES string of the molecule is O=C1CN(c2ccccc2)C(=O)N1CCC1CCN(CC2COc3ccccc3O2)CC1. The number of para-hydroxylation sites is 3. The molecule has 2 aromatic carbocycles. The molecule has 0 spiro atoms. The Balaban J connectivity index is 1.07. The largest absolute Gasteiger partial charge is 0.486 e. The van der Waals surface area contributed by atoms with Gasteiger partial charge < -0.3 is 9.47 Å². The van der Waals surface area contributed by atoms with Gasteiger partial charge in [-0.1, -0.05) is 30.3 Å². The lowest BCUT2D eigenvalue weighted by Gasteiger charge is -2.36. The van der Waals surface area contributed by atoms with Crippen molar-refractivity contribution in [1.82, 2.24) is 9.80 Å². The Hall–Kier alpha value is -3.06. The van der Waals surface area contributed by atoms with Crippen LogP contribution in [0.1, 0.15) is 19.3 Å². The maximum atomic E-state index is 12.7. The van der Waals surface area contributed by atoms with Crippen molar-refractivity contribution in [3.63, 3.8) is 0 Å². The molecule has 7 nitrogen and oxygen atoms in total. The maximum Gasteiger partial charge on any atom is 0.331 e. The first-order valence-electron chi connectivity index (χ1n) is 11.4. The van der Waals surface area contributed by atoms with Gasteiger partial charge in [-0.25, -0.2) is 4.79 Å². The molecule has 0 aliphatic carbocycles. The van der Waals surface area contributed by atoms with Gasteiger partial charge in [0, 0.05) is 18.8 Å². The van der Waals surface area contributed by atoms with Gasteiger partial charge in [0.05, 0.1) is 0 Å². The van der Waals surface area contributed by atoms with Gasteiger partial charge in [0.25, 0.3) is 5.91 Å². The summed E-state index contributed by atoms with van der Waals surface area (Å²) < 4.78 is 11.9. The van der Waals surface area contributed by atoms with Crippen LogP contribution in [0.4, 0.5) is 10.5 Å². The number of hydrogen-bond donors (Lipinski definition) is 0. The van der Waals surface area contributed by atoms with Crippen molar-refractivity contribution in [3.8, 4) is 11.5 Å². The summed E-state index contributed by atoms with van der Waals surface area (Å²) in [6.45, 7) is 4.08. The fourth-order valence-electron chi connectivity index (χ4n) is 4.78. The first-order valence-corrected chi connectivity index (χ1v) is 11.4. The number of likely N-dealkylation sites (tertiary alicyclic amines) is 1. The molecule has 168 valence electrons. The van der Waals surface area contributed by atoms with Crippen molar-refractivity contribution in [2.24, 2.45) is 5.92 Å². The van der Waals surface area contributed by atoms with Crippen LogP contribution in [-0.4, -0.2) is 67.2 Å². The molecule has 3 amide bonds. The predicted octanol–water partition coefficient (Wildman–Crippen LogP) is 3.40. The van der Waals surface area contributed by atoms with Crippen LogP contribution in [0.3, 0.4) is 0 Å². The maximum absolute atomic E-state index is 12.7. The minimum absolute atomic E-state index is 0.0465. The van der Waals surface area contributed by atoms with E-state index in [0.717, 1.165) is 56.1 Å². The number of benzene rings is 2. The number of imide groups is 1. The third-order valence-corrected chi connectivity index (χ3v) is 6.62. The van der Waals surface area contributed by atoms with Gasteiger partial charge in [-0.05, 0) is 62.5 Å². The summed E-state index contributed by atoms with van der Waals surface area (Å²) in [6.07, 6.45) is 3.06. The molecule has 5 rings (SSSR count). The van der Waals surface area contributed by atoms with E-state index in [1.807, 2.05) is 54.6 Å². The third kappa shape index (κ3) is 4.43. The topological polar surface area (TPSA) is 62.3 Å². The van der Waals surface area contributed by atoms with Crippen LogP contribution in [0, 0.1) is 5.92 Å². The second-order valence-corrected chi connectivity index (χ2v) is 8.78. The number of hydrogen-bond acceptors (Lipinski definition) is 5. The molecular weight excluding hydrogens is 406 g/mol. The van der Waals surface area contributed by atoms with Crippen LogP contribution in [0.25, 0.3) is 0 Å². The molecule has 2 fully saturated rings. The van der Waals surface area contributed by atoms with Crippen molar-refractivity contribution in [2.75, 3.05) is 44.2 Å². The summed E-state index contributed by atoms with van der Waals surface area (Å²) >= 11 is 0. The third-order valence-electron chi connectivity index (χ3n) is 6.62. The van der Waals surface area contributed by atoms with Crippen molar-refractivity contribution in [3.05, 3.63) is 54.6 Å². The lowest BCUT2D eigenvalue weighted by atomic mass is 9.93. The van der Waals surface area contributed by atoms with Crippen molar-refractivity contribution in [2.45, 2.75) is 25.4 Å². The monoisotopic (exact) mass is 435 g/mol. The van der Waals surface area contributed by atoms with Crippen LogP contribution < -0.4 is 14.4 Å². The van der Waals surface area contributed by atoms with Gasteiger partial charge in [0.15, 0.2) is 11.5 Å². The van der Waals surface area contributed by atoms with Crippen LogP contribution >= 0.6 is 0 Å². The van der Waals surface area contributed by atoms with Crippen LogP contribution in [0.2, 0.25) is 0 Å². The molecule has 3 heterocycles. The van der Waals surface area contributed by atoms with Crippen molar-refractivity contribution in [1.29, 1.82) is 0 Å². The van der Waals surface area contributed by atoms with Gasteiger partial charge in [-0.15, -0.1) is 0 Å². The Bertz CT molecular complexity index is 959. The lowest BCUT2D eigenvalue weighted by molar-refractivity contribution is -0.125. The quantitative estimate of drug-likeness (QED) is 0.651. The van der Waals surface area contributed by atoms with E-state index in [1.54, 1.807) is 4.90 Å². The zero-order chi connectivity index (χ0) is 21.9. The van der Waals surface area contributed by atoms with Crippen LogP contribution in [-0.2, 0) is 4.79 Å². The van der Waals surface area contributed by atoms with E-state index in [-0.39, 0.29) is 24.6 Å². The minimum atomic E-state index is -0.201. The highest BCUT2D eigenvalue weighted by atomic mass is 16.6. The van der Waals surface area contributed by atoms with Gasteiger partial charge in [-0.2, -0.15) is 0 Å². The molecule has 0 radical (unpaired) electrons. The average Bonchev–Trinajstić information content (AvgIpc) is 3.12. The summed E-state index contributed by atoms with van der Waals surface area (Å²) in [5, 5.41) is 0. The van der Waals surface area contributed by atoms with E-state index in [2.05, 4.69) is 4.90 Å². The molecular formula is C25H29N3O4. The number of fused-ring (bicyclic) bond motifs is 1. The zero-order valence-corrected chi connectivity index (χ0v) is 18.2. The summed E-state index contributed by atoms with van der Waals surface area (Å²) in [6, 6.07) is 17.0. The second-order valence-electron chi connectivity index (χ2n) is 8.78. The Morgan fingerprint density at radius 1 is 0.906 bits per heavy atom. The summed E-state index contributed by atoms with van der Waals surface area (Å²) in [5.74, 6) is 2.07. The molecule has 0 aromatic heterocycles. The normalized spacial score (nSPS) is 21.9. The Morgan fingerprint density at radius 3 is 2.41 bits per heavy atom. The van der Waals surface area contributed by atoms with Crippen LogP contribution in [0.5, 0.6) is 11.5 Å². The second kappa shape index (κ2) is 9.20. The van der Waals surface area contributed by atoms with Gasteiger partial charge in [0.1, 0.15) is 19.3 Å². The summed E-state index contributed by atoms with van der Waals surface area (Å²) in [7, 11) is 0. The number of nitrogens with zero attached hydrogens (tertiary/aromatic N) is 3. The van der Waals surface area contributed by atoms with Crippen molar-refractivity contribution < 1.29 is 19.1 Å². The average molecular weight is 436 g/mol. The summed E-state index contributed by atoms with van der Waals surface area (Å²) in [4.78, 5) is 30.6.